The number of ether oxygens (including phenoxy) is 1. The Balaban J connectivity index is 3.50. The van der Waals surface area contributed by atoms with Gasteiger partial charge < -0.3 is 15.2 Å². The van der Waals surface area contributed by atoms with Gasteiger partial charge in [0.1, 0.15) is 0 Å². The lowest BCUT2D eigenvalue weighted by atomic mass is 9.97. The molecule has 0 radical (unpaired) electrons. The van der Waals surface area contributed by atoms with Gasteiger partial charge in [0.05, 0.1) is 6.61 Å². The Morgan fingerprint density at radius 1 is 1.11 bits per heavy atom. The molecule has 1 unspecified atom stereocenters. The molecule has 0 aromatic rings. The molecular weight excluding hydrogens is 247 g/mol. The van der Waals surface area contributed by atoms with Crippen molar-refractivity contribution in [2.75, 3.05) is 26.4 Å². The summed E-state index contributed by atoms with van der Waals surface area (Å²) in [5.74, 6) is 0. The van der Waals surface area contributed by atoms with Gasteiger partial charge in [0.25, 0.3) is 0 Å². The highest BCUT2D eigenvalue weighted by Gasteiger charge is 2.26. The predicted octanol–water partition coefficient (Wildman–Crippen LogP) is 2.49. The zero-order valence-corrected chi connectivity index (χ0v) is 11.1. The summed E-state index contributed by atoms with van der Waals surface area (Å²) in [6, 6.07) is 0. The topological polar surface area (TPSA) is 41.5 Å². The third-order valence-corrected chi connectivity index (χ3v) is 2.72. The van der Waals surface area contributed by atoms with Crippen LogP contribution in [0.5, 0.6) is 0 Å². The van der Waals surface area contributed by atoms with Crippen LogP contribution in [0.4, 0.5) is 13.2 Å². The molecule has 0 heterocycles. The largest absolute Gasteiger partial charge is 0.394 e. The molecule has 110 valence electrons. The molecule has 0 aliphatic heterocycles. The van der Waals surface area contributed by atoms with Gasteiger partial charge in [0.15, 0.2) is 0 Å². The van der Waals surface area contributed by atoms with Crippen LogP contribution in [-0.4, -0.2) is 43.2 Å². The van der Waals surface area contributed by atoms with Crippen LogP contribution in [0.1, 0.15) is 39.5 Å². The third-order valence-electron chi connectivity index (χ3n) is 2.72. The summed E-state index contributed by atoms with van der Waals surface area (Å²) in [7, 11) is 0. The van der Waals surface area contributed by atoms with E-state index < -0.39 is 12.6 Å². The van der Waals surface area contributed by atoms with Crippen molar-refractivity contribution in [3.05, 3.63) is 0 Å². The molecule has 0 aromatic carbocycles. The molecule has 1 atom stereocenters. The molecule has 18 heavy (non-hydrogen) atoms. The highest BCUT2D eigenvalue weighted by Crippen LogP contribution is 2.21. The molecule has 0 aliphatic carbocycles. The van der Waals surface area contributed by atoms with Crippen LogP contribution in [0.15, 0.2) is 0 Å². The molecule has 6 heteroatoms. The number of likely N-dealkylation sites (N-methyl/N-ethyl adjacent to an activating group) is 1. The zero-order valence-electron chi connectivity index (χ0n) is 11.1. The van der Waals surface area contributed by atoms with Crippen molar-refractivity contribution in [3.63, 3.8) is 0 Å². The number of aliphatic hydroxyl groups excluding tert-OH is 1. The average molecular weight is 271 g/mol. The van der Waals surface area contributed by atoms with E-state index in [0.717, 1.165) is 19.4 Å². The monoisotopic (exact) mass is 271 g/mol. The number of aliphatic hydroxyl groups is 1. The van der Waals surface area contributed by atoms with Crippen LogP contribution in [0.2, 0.25) is 0 Å². The normalized spacial score (nSPS) is 15.7. The Hall–Kier alpha value is -0.330. The van der Waals surface area contributed by atoms with Crippen molar-refractivity contribution in [3.8, 4) is 0 Å². The van der Waals surface area contributed by atoms with E-state index in [0.29, 0.717) is 6.61 Å². The molecule has 0 rings (SSSR count). The minimum atomic E-state index is -4.09. The van der Waals surface area contributed by atoms with E-state index in [1.807, 2.05) is 13.8 Å². The molecular formula is C12H24F3NO2. The van der Waals surface area contributed by atoms with E-state index in [4.69, 9.17) is 4.74 Å². The summed E-state index contributed by atoms with van der Waals surface area (Å²) >= 11 is 0. The van der Waals surface area contributed by atoms with Crippen LogP contribution in [0.25, 0.3) is 0 Å². The van der Waals surface area contributed by atoms with E-state index in [-0.39, 0.29) is 25.2 Å². The Bertz CT molecular complexity index is 212. The van der Waals surface area contributed by atoms with Gasteiger partial charge in [-0.2, -0.15) is 13.2 Å². The zero-order chi connectivity index (χ0) is 14.1. The van der Waals surface area contributed by atoms with Gasteiger partial charge in [-0.05, 0) is 32.7 Å². The van der Waals surface area contributed by atoms with Gasteiger partial charge in [0, 0.05) is 25.2 Å². The van der Waals surface area contributed by atoms with E-state index >= 15 is 0 Å². The molecule has 3 nitrogen and oxygen atoms in total. The number of hydrogen-bond donors (Lipinski definition) is 2. The summed E-state index contributed by atoms with van der Waals surface area (Å²) in [5.41, 5.74) is -0.329. The maximum Gasteiger partial charge on any atom is 0.389 e. The number of nitrogens with one attached hydrogen (secondary N) is 1. The molecule has 0 saturated heterocycles. The average Bonchev–Trinajstić information content (AvgIpc) is 2.27. The standard InChI is InChI=1S/C12H24F3NO2/c1-3-16-11(2,10-17)6-4-8-18-9-5-7-12(13,14)15/h16-17H,3-10H2,1-2H3. The third kappa shape index (κ3) is 9.67. The first-order valence-electron chi connectivity index (χ1n) is 6.33. The fraction of sp³-hybridized carbons (Fsp3) is 1.00. The molecule has 0 fully saturated rings. The first-order valence-corrected chi connectivity index (χ1v) is 6.33. The molecule has 0 saturated carbocycles. The van der Waals surface area contributed by atoms with Gasteiger partial charge in [-0.15, -0.1) is 0 Å². The molecule has 0 amide bonds. The van der Waals surface area contributed by atoms with Crippen LogP contribution >= 0.6 is 0 Å². The van der Waals surface area contributed by atoms with E-state index in [1.54, 1.807) is 0 Å². The number of halogens is 3. The minimum absolute atomic E-state index is 0.00791. The lowest BCUT2D eigenvalue weighted by molar-refractivity contribution is -0.137. The first kappa shape index (κ1) is 17.7. The predicted molar refractivity (Wildman–Crippen MR) is 64.5 cm³/mol. The molecule has 2 N–H and O–H groups in total. The van der Waals surface area contributed by atoms with Crippen LogP contribution in [0.3, 0.4) is 0 Å². The van der Waals surface area contributed by atoms with Crippen molar-refractivity contribution < 1.29 is 23.0 Å². The highest BCUT2D eigenvalue weighted by molar-refractivity contribution is 4.81. The summed E-state index contributed by atoms with van der Waals surface area (Å²) in [6.07, 6.45) is -3.43. The maximum atomic E-state index is 11.8. The van der Waals surface area contributed by atoms with Gasteiger partial charge >= 0.3 is 6.18 Å². The molecule has 0 aromatic heterocycles. The minimum Gasteiger partial charge on any atom is -0.394 e. The lowest BCUT2D eigenvalue weighted by Gasteiger charge is -2.28. The fourth-order valence-corrected chi connectivity index (χ4v) is 1.69. The smallest absolute Gasteiger partial charge is 0.389 e. The Morgan fingerprint density at radius 2 is 1.67 bits per heavy atom. The quantitative estimate of drug-likeness (QED) is 0.600. The van der Waals surface area contributed by atoms with Crippen molar-refractivity contribution in [1.82, 2.24) is 5.32 Å². The molecule has 0 spiro atoms. The summed E-state index contributed by atoms with van der Waals surface area (Å²) in [4.78, 5) is 0. The van der Waals surface area contributed by atoms with E-state index in [1.165, 1.54) is 0 Å². The van der Waals surface area contributed by atoms with Crippen LogP contribution in [-0.2, 0) is 4.74 Å². The first-order chi connectivity index (χ1) is 8.33. The second kappa shape index (κ2) is 8.72. The van der Waals surface area contributed by atoms with Gasteiger partial charge in [-0.25, -0.2) is 0 Å². The van der Waals surface area contributed by atoms with Crippen LogP contribution < -0.4 is 5.32 Å². The lowest BCUT2D eigenvalue weighted by Crippen LogP contribution is -2.45. The second-order valence-corrected chi connectivity index (χ2v) is 4.68. The maximum absolute atomic E-state index is 11.8. The molecule has 0 bridgehead atoms. The summed E-state index contributed by atoms with van der Waals surface area (Å²) < 4.78 is 40.6. The Morgan fingerprint density at radius 3 is 2.11 bits per heavy atom. The van der Waals surface area contributed by atoms with Crippen LogP contribution in [0, 0.1) is 0 Å². The Labute approximate surface area is 107 Å². The second-order valence-electron chi connectivity index (χ2n) is 4.68. The number of hydrogen-bond acceptors (Lipinski definition) is 3. The van der Waals surface area contributed by atoms with E-state index in [9.17, 15) is 18.3 Å². The van der Waals surface area contributed by atoms with Crippen molar-refractivity contribution >= 4 is 0 Å². The van der Waals surface area contributed by atoms with E-state index in [2.05, 4.69) is 5.32 Å². The summed E-state index contributed by atoms with van der Waals surface area (Å²) in [5, 5.41) is 12.4. The van der Waals surface area contributed by atoms with Crippen molar-refractivity contribution in [2.45, 2.75) is 51.2 Å². The van der Waals surface area contributed by atoms with Gasteiger partial charge in [-0.3, -0.25) is 0 Å². The SMILES string of the molecule is CCNC(C)(CO)CCCOCCCC(F)(F)F. The van der Waals surface area contributed by atoms with Crippen molar-refractivity contribution in [1.29, 1.82) is 0 Å². The van der Waals surface area contributed by atoms with Crippen molar-refractivity contribution in [2.24, 2.45) is 0 Å². The van der Waals surface area contributed by atoms with Gasteiger partial charge in [0.2, 0.25) is 0 Å². The fourth-order valence-electron chi connectivity index (χ4n) is 1.69. The Kier molecular flexibility index (Phi) is 8.56. The summed E-state index contributed by atoms with van der Waals surface area (Å²) in [6.45, 7) is 5.25. The highest BCUT2D eigenvalue weighted by atomic mass is 19.4. The molecule has 0 aliphatic rings. The van der Waals surface area contributed by atoms with Gasteiger partial charge in [-0.1, -0.05) is 6.92 Å². The number of alkyl halides is 3. The number of rotatable bonds is 10.